The van der Waals surface area contributed by atoms with Crippen molar-refractivity contribution in [2.45, 2.75) is 13.5 Å². The van der Waals surface area contributed by atoms with Crippen molar-refractivity contribution in [3.05, 3.63) is 12.7 Å². The van der Waals surface area contributed by atoms with E-state index in [1.54, 1.807) is 6.33 Å². The summed E-state index contributed by atoms with van der Waals surface area (Å²) in [5, 5.41) is 0. The maximum Gasteiger partial charge on any atom is 0.165 e. The Labute approximate surface area is 69.3 Å². The molecular formula is C7H9N5. The predicted octanol–water partition coefficient (Wildman–Crippen LogP) is 0.428. The van der Waals surface area contributed by atoms with Crippen LogP contribution in [0.2, 0.25) is 0 Å². The van der Waals surface area contributed by atoms with E-state index in [0.29, 0.717) is 11.3 Å². The smallest absolute Gasteiger partial charge is 0.165 e. The van der Waals surface area contributed by atoms with Crippen LogP contribution in [0.1, 0.15) is 6.92 Å². The number of imidazole rings is 1. The summed E-state index contributed by atoms with van der Waals surface area (Å²) >= 11 is 0. The standard InChI is InChI=1S/C7H9N5/c1-2-12-4-11-5-6(8)9-3-10-7(5)12/h3-4H,2H2,1H3,(H2,8,9,10). The molecule has 0 aliphatic rings. The number of aromatic nitrogens is 4. The second-order valence-corrected chi connectivity index (χ2v) is 2.46. The Morgan fingerprint density at radius 1 is 1.42 bits per heavy atom. The van der Waals surface area contributed by atoms with E-state index in [0.717, 1.165) is 12.2 Å². The fourth-order valence-corrected chi connectivity index (χ4v) is 1.13. The molecular weight excluding hydrogens is 154 g/mol. The van der Waals surface area contributed by atoms with Gasteiger partial charge in [0.1, 0.15) is 11.8 Å². The highest BCUT2D eigenvalue weighted by Gasteiger charge is 2.04. The topological polar surface area (TPSA) is 69.6 Å². The number of nitrogens with zero attached hydrogens (tertiary/aromatic N) is 4. The molecule has 0 unspecified atom stereocenters. The van der Waals surface area contributed by atoms with Crippen molar-refractivity contribution >= 4 is 17.0 Å². The van der Waals surface area contributed by atoms with Gasteiger partial charge in [-0.25, -0.2) is 15.0 Å². The van der Waals surface area contributed by atoms with Crippen LogP contribution in [0.25, 0.3) is 11.2 Å². The van der Waals surface area contributed by atoms with Gasteiger partial charge in [-0.05, 0) is 6.92 Å². The Kier molecular flexibility index (Phi) is 1.43. The van der Waals surface area contributed by atoms with Crippen molar-refractivity contribution in [2.24, 2.45) is 0 Å². The number of nitrogens with two attached hydrogens (primary N) is 1. The number of aryl methyl sites for hydroxylation is 1. The van der Waals surface area contributed by atoms with E-state index in [4.69, 9.17) is 5.73 Å². The molecule has 2 N–H and O–H groups in total. The van der Waals surface area contributed by atoms with E-state index >= 15 is 0 Å². The number of rotatable bonds is 1. The van der Waals surface area contributed by atoms with Gasteiger partial charge in [-0.15, -0.1) is 0 Å². The fraction of sp³-hybridized carbons (Fsp3) is 0.286. The summed E-state index contributed by atoms with van der Waals surface area (Å²) in [5.74, 6) is 0.437. The first-order valence-corrected chi connectivity index (χ1v) is 3.74. The summed E-state index contributed by atoms with van der Waals surface area (Å²) in [7, 11) is 0. The molecule has 0 saturated carbocycles. The van der Waals surface area contributed by atoms with Gasteiger partial charge in [-0.1, -0.05) is 0 Å². The van der Waals surface area contributed by atoms with Crippen molar-refractivity contribution in [2.75, 3.05) is 5.73 Å². The first kappa shape index (κ1) is 7.02. The van der Waals surface area contributed by atoms with Crippen LogP contribution in [0.3, 0.4) is 0 Å². The number of fused-ring (bicyclic) bond motifs is 1. The zero-order valence-corrected chi connectivity index (χ0v) is 6.73. The number of nitrogen functional groups attached to an aromatic ring is 1. The molecule has 2 rings (SSSR count). The van der Waals surface area contributed by atoms with Gasteiger partial charge in [-0.3, -0.25) is 0 Å². The highest BCUT2D eigenvalue weighted by atomic mass is 15.1. The molecule has 12 heavy (non-hydrogen) atoms. The molecule has 0 fully saturated rings. The molecule has 0 aromatic carbocycles. The lowest BCUT2D eigenvalue weighted by Crippen LogP contribution is -1.96. The van der Waals surface area contributed by atoms with E-state index in [9.17, 15) is 0 Å². The van der Waals surface area contributed by atoms with E-state index in [-0.39, 0.29) is 0 Å². The summed E-state index contributed by atoms with van der Waals surface area (Å²) in [5.41, 5.74) is 7.07. The molecule has 2 aromatic rings. The Morgan fingerprint density at radius 2 is 2.25 bits per heavy atom. The van der Waals surface area contributed by atoms with Gasteiger partial charge in [0.05, 0.1) is 6.33 Å². The third-order valence-electron chi connectivity index (χ3n) is 1.77. The summed E-state index contributed by atoms with van der Waals surface area (Å²) in [6, 6.07) is 0. The van der Waals surface area contributed by atoms with E-state index in [2.05, 4.69) is 15.0 Å². The average molecular weight is 163 g/mol. The minimum Gasteiger partial charge on any atom is -0.382 e. The van der Waals surface area contributed by atoms with Gasteiger partial charge in [0.25, 0.3) is 0 Å². The van der Waals surface area contributed by atoms with Crippen LogP contribution in [0.4, 0.5) is 5.82 Å². The summed E-state index contributed by atoms with van der Waals surface area (Å²) in [4.78, 5) is 12.0. The van der Waals surface area contributed by atoms with Crippen LogP contribution < -0.4 is 5.73 Å². The maximum absolute atomic E-state index is 5.60. The van der Waals surface area contributed by atoms with Gasteiger partial charge < -0.3 is 10.3 Å². The molecule has 0 spiro atoms. The molecule has 62 valence electrons. The molecule has 2 heterocycles. The second kappa shape index (κ2) is 2.44. The van der Waals surface area contributed by atoms with Gasteiger partial charge in [-0.2, -0.15) is 0 Å². The van der Waals surface area contributed by atoms with Gasteiger partial charge in [0.15, 0.2) is 11.5 Å². The molecule has 0 aliphatic carbocycles. The molecule has 0 aliphatic heterocycles. The van der Waals surface area contributed by atoms with Crippen LogP contribution in [0.15, 0.2) is 12.7 Å². The number of anilines is 1. The van der Waals surface area contributed by atoms with Crippen LogP contribution in [-0.2, 0) is 6.54 Å². The van der Waals surface area contributed by atoms with Crippen LogP contribution in [0, 0.1) is 0 Å². The van der Waals surface area contributed by atoms with Crippen LogP contribution in [0.5, 0.6) is 0 Å². The minimum atomic E-state index is 0.437. The highest BCUT2D eigenvalue weighted by Crippen LogP contribution is 2.13. The van der Waals surface area contributed by atoms with E-state index in [1.165, 1.54) is 6.33 Å². The first-order valence-electron chi connectivity index (χ1n) is 3.74. The SMILES string of the molecule is CCn1cnc2c(N)ncnc21. The molecule has 2 aromatic heterocycles. The molecule has 0 saturated heterocycles. The largest absolute Gasteiger partial charge is 0.382 e. The van der Waals surface area contributed by atoms with Crippen LogP contribution in [-0.4, -0.2) is 19.5 Å². The Bertz CT molecular complexity index is 405. The minimum absolute atomic E-state index is 0.437. The number of hydrogen-bond acceptors (Lipinski definition) is 4. The third kappa shape index (κ3) is 0.827. The van der Waals surface area contributed by atoms with Crippen molar-refractivity contribution in [3.63, 3.8) is 0 Å². The highest BCUT2D eigenvalue weighted by molar-refractivity contribution is 5.80. The predicted molar refractivity (Wildman–Crippen MR) is 45.4 cm³/mol. The van der Waals surface area contributed by atoms with Gasteiger partial charge >= 0.3 is 0 Å². The zero-order valence-electron chi connectivity index (χ0n) is 6.73. The summed E-state index contributed by atoms with van der Waals surface area (Å²) in [6.45, 7) is 2.87. The lowest BCUT2D eigenvalue weighted by atomic mass is 10.5. The number of hydrogen-bond donors (Lipinski definition) is 1. The lowest BCUT2D eigenvalue weighted by molar-refractivity contribution is 0.777. The maximum atomic E-state index is 5.60. The lowest BCUT2D eigenvalue weighted by Gasteiger charge is -1.96. The monoisotopic (exact) mass is 163 g/mol. The first-order chi connectivity index (χ1) is 5.83. The molecule has 0 atom stereocenters. The van der Waals surface area contributed by atoms with Crippen molar-refractivity contribution < 1.29 is 0 Å². The van der Waals surface area contributed by atoms with E-state index in [1.807, 2.05) is 11.5 Å². The quantitative estimate of drug-likeness (QED) is 0.661. The zero-order chi connectivity index (χ0) is 8.55. The molecule has 5 nitrogen and oxygen atoms in total. The second-order valence-electron chi connectivity index (χ2n) is 2.46. The van der Waals surface area contributed by atoms with Crippen LogP contribution >= 0.6 is 0 Å². The van der Waals surface area contributed by atoms with Crippen molar-refractivity contribution in [3.8, 4) is 0 Å². The van der Waals surface area contributed by atoms with Gasteiger partial charge in [0.2, 0.25) is 0 Å². The van der Waals surface area contributed by atoms with Gasteiger partial charge in [0, 0.05) is 6.54 Å². The molecule has 5 heteroatoms. The van der Waals surface area contributed by atoms with Crippen molar-refractivity contribution in [1.82, 2.24) is 19.5 Å². The molecule has 0 radical (unpaired) electrons. The summed E-state index contributed by atoms with van der Waals surface area (Å²) in [6.07, 6.45) is 3.17. The molecule has 0 amide bonds. The Hall–Kier alpha value is -1.65. The average Bonchev–Trinajstić information content (AvgIpc) is 2.49. The summed E-state index contributed by atoms with van der Waals surface area (Å²) < 4.78 is 1.92. The Balaban J connectivity index is 2.80. The molecule has 0 bridgehead atoms. The Morgan fingerprint density at radius 3 is 3.00 bits per heavy atom. The van der Waals surface area contributed by atoms with Crippen molar-refractivity contribution in [1.29, 1.82) is 0 Å². The van der Waals surface area contributed by atoms with E-state index < -0.39 is 0 Å². The third-order valence-corrected chi connectivity index (χ3v) is 1.77. The normalized spacial score (nSPS) is 10.8. The fourth-order valence-electron chi connectivity index (χ4n) is 1.13.